The molecule has 0 heterocycles. The lowest BCUT2D eigenvalue weighted by atomic mass is 10.2. The van der Waals surface area contributed by atoms with Gasteiger partial charge in [-0.2, -0.15) is 0 Å². The largest absolute Gasteiger partial charge is 0.514 e. The van der Waals surface area contributed by atoms with E-state index in [9.17, 15) is 4.79 Å². The second-order valence-electron chi connectivity index (χ2n) is 5.98. The SMILES string of the molecule is CSNC1CC1.Cc1ccc(OC(=O)OC(C)(C)C)cc1. The average molecular weight is 311 g/mol. The zero-order valence-electron chi connectivity index (χ0n) is 13.4. The zero-order chi connectivity index (χ0) is 15.9. The lowest BCUT2D eigenvalue weighted by molar-refractivity contribution is 0.0206. The van der Waals surface area contributed by atoms with Crippen molar-refractivity contribution in [1.82, 2.24) is 4.72 Å². The first kappa shape index (κ1) is 17.9. The van der Waals surface area contributed by atoms with Crippen molar-refractivity contribution in [1.29, 1.82) is 0 Å². The van der Waals surface area contributed by atoms with Crippen LogP contribution in [-0.4, -0.2) is 24.1 Å². The van der Waals surface area contributed by atoms with E-state index < -0.39 is 11.8 Å². The second kappa shape index (κ2) is 8.29. The predicted molar refractivity (Wildman–Crippen MR) is 87.7 cm³/mol. The lowest BCUT2D eigenvalue weighted by Crippen LogP contribution is -2.25. The quantitative estimate of drug-likeness (QED) is 0.511. The van der Waals surface area contributed by atoms with Gasteiger partial charge < -0.3 is 9.47 Å². The van der Waals surface area contributed by atoms with Gasteiger partial charge in [0.2, 0.25) is 0 Å². The molecule has 0 amide bonds. The minimum absolute atomic E-state index is 0.495. The Morgan fingerprint density at radius 3 is 2.19 bits per heavy atom. The summed E-state index contributed by atoms with van der Waals surface area (Å²) in [6, 6.07) is 8.08. The zero-order valence-corrected chi connectivity index (χ0v) is 14.3. The summed E-state index contributed by atoms with van der Waals surface area (Å²) < 4.78 is 13.2. The van der Waals surface area contributed by atoms with E-state index >= 15 is 0 Å². The molecule has 5 heteroatoms. The first-order valence-corrected chi connectivity index (χ1v) is 8.28. The highest BCUT2D eigenvalue weighted by Gasteiger charge is 2.19. The number of hydrogen-bond acceptors (Lipinski definition) is 5. The van der Waals surface area contributed by atoms with Gasteiger partial charge in [-0.3, -0.25) is 4.72 Å². The molecule has 2 rings (SSSR count). The molecular weight excluding hydrogens is 286 g/mol. The van der Waals surface area contributed by atoms with Crippen LogP contribution in [-0.2, 0) is 4.74 Å². The van der Waals surface area contributed by atoms with E-state index in [1.807, 2.05) is 19.1 Å². The Morgan fingerprint density at radius 2 is 1.81 bits per heavy atom. The van der Waals surface area contributed by atoms with E-state index in [1.165, 1.54) is 12.8 Å². The van der Waals surface area contributed by atoms with Gasteiger partial charge in [-0.15, -0.1) is 0 Å². The molecule has 1 fully saturated rings. The van der Waals surface area contributed by atoms with Crippen LogP contribution >= 0.6 is 11.9 Å². The van der Waals surface area contributed by atoms with E-state index in [4.69, 9.17) is 9.47 Å². The van der Waals surface area contributed by atoms with E-state index in [0.29, 0.717) is 5.75 Å². The molecule has 0 saturated heterocycles. The number of nitrogens with one attached hydrogen (secondary N) is 1. The minimum atomic E-state index is -0.675. The third-order valence-corrected chi connectivity index (χ3v) is 3.04. The maximum Gasteiger partial charge on any atom is 0.514 e. The molecule has 0 aromatic heterocycles. The van der Waals surface area contributed by atoms with Crippen molar-refractivity contribution in [2.24, 2.45) is 0 Å². The van der Waals surface area contributed by atoms with Crippen LogP contribution in [0.2, 0.25) is 0 Å². The molecular formula is C16H25NO3S. The van der Waals surface area contributed by atoms with Gasteiger partial charge >= 0.3 is 6.16 Å². The van der Waals surface area contributed by atoms with Crippen LogP contribution < -0.4 is 9.46 Å². The molecule has 1 aliphatic rings. The molecule has 0 spiro atoms. The van der Waals surface area contributed by atoms with Gasteiger partial charge in [0, 0.05) is 6.04 Å². The molecule has 1 N–H and O–H groups in total. The topological polar surface area (TPSA) is 47.6 Å². The van der Waals surface area contributed by atoms with E-state index in [2.05, 4.69) is 11.0 Å². The molecule has 118 valence electrons. The smallest absolute Gasteiger partial charge is 0.428 e. The summed E-state index contributed by atoms with van der Waals surface area (Å²) in [4.78, 5) is 11.3. The number of benzene rings is 1. The normalized spacial score (nSPS) is 14.0. The monoisotopic (exact) mass is 311 g/mol. The molecule has 0 unspecified atom stereocenters. The minimum Gasteiger partial charge on any atom is -0.428 e. The summed E-state index contributed by atoms with van der Waals surface area (Å²) in [5, 5.41) is 0. The fourth-order valence-corrected chi connectivity index (χ4v) is 1.91. The second-order valence-corrected chi connectivity index (χ2v) is 6.62. The van der Waals surface area contributed by atoms with Gasteiger partial charge in [0.25, 0.3) is 0 Å². The fourth-order valence-electron chi connectivity index (χ4n) is 1.34. The molecule has 1 saturated carbocycles. The molecule has 4 nitrogen and oxygen atoms in total. The predicted octanol–water partition coefficient (Wildman–Crippen LogP) is 4.33. The van der Waals surface area contributed by atoms with Crippen molar-refractivity contribution >= 4 is 18.1 Å². The summed E-state index contributed by atoms with van der Waals surface area (Å²) in [5.74, 6) is 0.495. The Hall–Kier alpha value is -1.20. The Labute approximate surface area is 131 Å². The van der Waals surface area contributed by atoms with Crippen LogP contribution in [0.5, 0.6) is 5.75 Å². The molecule has 1 aliphatic carbocycles. The first-order chi connectivity index (χ1) is 9.80. The van der Waals surface area contributed by atoms with E-state index in [0.717, 1.165) is 11.6 Å². The van der Waals surface area contributed by atoms with Crippen molar-refractivity contribution in [2.75, 3.05) is 6.26 Å². The molecule has 1 aromatic carbocycles. The van der Waals surface area contributed by atoms with Crippen LogP contribution in [0.15, 0.2) is 24.3 Å². The van der Waals surface area contributed by atoms with Gasteiger partial charge in [0.1, 0.15) is 11.4 Å². The van der Waals surface area contributed by atoms with Gasteiger partial charge in [0.15, 0.2) is 0 Å². The van der Waals surface area contributed by atoms with Crippen molar-refractivity contribution in [3.8, 4) is 5.75 Å². The van der Waals surface area contributed by atoms with Crippen LogP contribution in [0.3, 0.4) is 0 Å². The first-order valence-electron chi connectivity index (χ1n) is 7.06. The molecule has 0 radical (unpaired) electrons. The summed E-state index contributed by atoms with van der Waals surface area (Å²) in [5.41, 5.74) is 0.591. The summed E-state index contributed by atoms with van der Waals surface area (Å²) in [6.07, 6.45) is 4.17. The molecule has 0 bridgehead atoms. The van der Waals surface area contributed by atoms with E-state index in [-0.39, 0.29) is 0 Å². The van der Waals surface area contributed by atoms with Crippen molar-refractivity contribution in [2.45, 2.75) is 52.2 Å². The van der Waals surface area contributed by atoms with Gasteiger partial charge in [-0.1, -0.05) is 29.6 Å². The highest BCUT2D eigenvalue weighted by Crippen LogP contribution is 2.20. The van der Waals surface area contributed by atoms with Crippen molar-refractivity contribution < 1.29 is 14.3 Å². The lowest BCUT2D eigenvalue weighted by Gasteiger charge is -2.18. The number of carbonyl (C=O) groups is 1. The summed E-state index contributed by atoms with van der Waals surface area (Å²) in [6.45, 7) is 7.35. The third-order valence-electron chi connectivity index (χ3n) is 2.47. The highest BCUT2D eigenvalue weighted by molar-refractivity contribution is 7.96. The van der Waals surface area contributed by atoms with Gasteiger partial charge in [-0.25, -0.2) is 4.79 Å². The Bertz CT molecular complexity index is 436. The van der Waals surface area contributed by atoms with Crippen LogP contribution in [0.4, 0.5) is 4.79 Å². The average Bonchev–Trinajstić information content (AvgIpc) is 3.15. The number of rotatable bonds is 3. The molecule has 0 atom stereocenters. The Kier molecular flexibility index (Phi) is 7.05. The van der Waals surface area contributed by atoms with Crippen LogP contribution in [0, 0.1) is 6.92 Å². The van der Waals surface area contributed by atoms with Crippen LogP contribution in [0.1, 0.15) is 39.2 Å². The number of carbonyl (C=O) groups excluding carboxylic acids is 1. The molecule has 1 aromatic rings. The fraction of sp³-hybridized carbons (Fsp3) is 0.562. The number of hydrogen-bond donors (Lipinski definition) is 1. The van der Waals surface area contributed by atoms with Gasteiger partial charge in [0.05, 0.1) is 0 Å². The van der Waals surface area contributed by atoms with Crippen LogP contribution in [0.25, 0.3) is 0 Å². The Balaban J connectivity index is 0.000000304. The van der Waals surface area contributed by atoms with Gasteiger partial charge in [-0.05, 0) is 58.9 Å². The van der Waals surface area contributed by atoms with Crippen molar-refractivity contribution in [3.63, 3.8) is 0 Å². The Morgan fingerprint density at radius 1 is 1.24 bits per heavy atom. The number of aryl methyl sites for hydroxylation is 1. The highest BCUT2D eigenvalue weighted by atomic mass is 32.2. The van der Waals surface area contributed by atoms with Crippen molar-refractivity contribution in [3.05, 3.63) is 29.8 Å². The maximum atomic E-state index is 11.3. The standard InChI is InChI=1S/C12H16O3.C4H9NS/c1-9-5-7-10(8-6-9)14-11(13)15-12(2,3)4;1-6-5-4-2-3-4/h5-8H,1-4H3;4-5H,2-3H2,1H3. The number of ether oxygens (including phenoxy) is 2. The molecule has 21 heavy (non-hydrogen) atoms. The maximum absolute atomic E-state index is 11.3. The summed E-state index contributed by atoms with van der Waals surface area (Å²) >= 11 is 1.72. The molecule has 0 aliphatic heterocycles. The summed E-state index contributed by atoms with van der Waals surface area (Å²) in [7, 11) is 0. The third kappa shape index (κ3) is 9.37. The van der Waals surface area contributed by atoms with E-state index in [1.54, 1.807) is 44.9 Å².